The van der Waals surface area contributed by atoms with E-state index < -0.39 is 0 Å². The highest BCUT2D eigenvalue weighted by Gasteiger charge is 2.27. The Morgan fingerprint density at radius 3 is 2.93 bits per heavy atom. The molecule has 0 spiro atoms. The number of nitrogens with zero attached hydrogens (tertiary/aromatic N) is 1. The third-order valence-electron chi connectivity index (χ3n) is 2.84. The first-order valence-corrected chi connectivity index (χ1v) is 5.13. The maximum Gasteiger partial charge on any atom is 0.0293 e. The molecule has 0 saturated carbocycles. The van der Waals surface area contributed by atoms with Crippen molar-refractivity contribution in [2.45, 2.75) is 25.4 Å². The van der Waals surface area contributed by atoms with Crippen LogP contribution in [0.4, 0.5) is 0 Å². The smallest absolute Gasteiger partial charge is 0.0293 e. The quantitative estimate of drug-likeness (QED) is 0.746. The minimum Gasteiger partial charge on any atom is -0.315 e. The molecule has 2 rings (SSSR count). The van der Waals surface area contributed by atoms with Gasteiger partial charge in [-0.3, -0.25) is 4.98 Å². The van der Waals surface area contributed by atoms with Crippen LogP contribution in [0.25, 0.3) is 0 Å². The first-order chi connectivity index (χ1) is 6.79. The first kappa shape index (κ1) is 9.62. The highest BCUT2D eigenvalue weighted by atomic mass is 15.1. The summed E-state index contributed by atoms with van der Waals surface area (Å²) in [6, 6.07) is 4.11. The van der Waals surface area contributed by atoms with E-state index in [0.717, 1.165) is 19.6 Å². The van der Waals surface area contributed by atoms with Gasteiger partial charge in [0.15, 0.2) is 0 Å². The maximum atomic E-state index is 4.00. The molecule has 1 fully saturated rings. The number of aromatic nitrogens is 1. The molecule has 0 aromatic carbocycles. The molecule has 0 aliphatic carbocycles. The highest BCUT2D eigenvalue weighted by molar-refractivity contribution is 5.10. The Hall–Kier alpha value is -0.930. The van der Waals surface area contributed by atoms with Gasteiger partial charge in [-0.2, -0.15) is 0 Å². The first-order valence-electron chi connectivity index (χ1n) is 5.13. The fourth-order valence-electron chi connectivity index (χ4n) is 1.78. The van der Waals surface area contributed by atoms with Crippen molar-refractivity contribution in [2.75, 3.05) is 13.1 Å². The largest absolute Gasteiger partial charge is 0.315 e. The SMILES string of the molecule is CC1(NCc2ccncc2)CCNC1. The Kier molecular flexibility index (Phi) is 2.79. The summed E-state index contributed by atoms with van der Waals surface area (Å²) >= 11 is 0. The Morgan fingerprint density at radius 1 is 1.50 bits per heavy atom. The molecule has 1 unspecified atom stereocenters. The second-order valence-corrected chi connectivity index (χ2v) is 4.20. The molecule has 1 saturated heterocycles. The van der Waals surface area contributed by atoms with E-state index in [-0.39, 0.29) is 5.54 Å². The van der Waals surface area contributed by atoms with Crippen molar-refractivity contribution < 1.29 is 0 Å². The molecule has 3 nitrogen and oxygen atoms in total. The Balaban J connectivity index is 1.88. The van der Waals surface area contributed by atoms with Crippen LogP contribution in [0.15, 0.2) is 24.5 Å². The van der Waals surface area contributed by atoms with E-state index in [1.54, 1.807) is 0 Å². The standard InChI is InChI=1S/C11H17N3/c1-11(4-7-13-9-11)14-8-10-2-5-12-6-3-10/h2-3,5-6,13-14H,4,7-9H2,1H3. The number of pyridine rings is 1. The van der Waals surface area contributed by atoms with Crippen LogP contribution in [-0.2, 0) is 6.54 Å². The minimum atomic E-state index is 0.267. The van der Waals surface area contributed by atoms with Crippen molar-refractivity contribution >= 4 is 0 Å². The molecule has 14 heavy (non-hydrogen) atoms. The van der Waals surface area contributed by atoms with Crippen molar-refractivity contribution in [3.63, 3.8) is 0 Å². The van der Waals surface area contributed by atoms with Gasteiger partial charge in [0.25, 0.3) is 0 Å². The predicted molar refractivity (Wildman–Crippen MR) is 57.0 cm³/mol. The van der Waals surface area contributed by atoms with Crippen molar-refractivity contribution in [1.29, 1.82) is 0 Å². The van der Waals surface area contributed by atoms with Crippen LogP contribution in [0, 0.1) is 0 Å². The number of hydrogen-bond acceptors (Lipinski definition) is 3. The summed E-state index contributed by atoms with van der Waals surface area (Å²) in [5, 5.41) is 6.96. The summed E-state index contributed by atoms with van der Waals surface area (Å²) in [6.45, 7) is 5.40. The molecule has 1 aliphatic rings. The Labute approximate surface area is 84.9 Å². The fraction of sp³-hybridized carbons (Fsp3) is 0.545. The van der Waals surface area contributed by atoms with Gasteiger partial charge in [-0.05, 0) is 37.6 Å². The average molecular weight is 191 g/mol. The van der Waals surface area contributed by atoms with E-state index in [0.29, 0.717) is 0 Å². The van der Waals surface area contributed by atoms with E-state index in [2.05, 4.69) is 34.7 Å². The van der Waals surface area contributed by atoms with E-state index in [9.17, 15) is 0 Å². The van der Waals surface area contributed by atoms with Crippen molar-refractivity contribution in [3.05, 3.63) is 30.1 Å². The van der Waals surface area contributed by atoms with Crippen molar-refractivity contribution in [2.24, 2.45) is 0 Å². The summed E-state index contributed by atoms with van der Waals surface area (Å²) in [6.07, 6.45) is 4.89. The lowest BCUT2D eigenvalue weighted by Crippen LogP contribution is -2.43. The second-order valence-electron chi connectivity index (χ2n) is 4.20. The molecule has 0 bridgehead atoms. The van der Waals surface area contributed by atoms with Gasteiger partial charge in [-0.1, -0.05) is 0 Å². The molecule has 1 aliphatic heterocycles. The lowest BCUT2D eigenvalue weighted by Gasteiger charge is -2.24. The monoisotopic (exact) mass is 191 g/mol. The van der Waals surface area contributed by atoms with Gasteiger partial charge in [0.2, 0.25) is 0 Å². The van der Waals surface area contributed by atoms with Gasteiger partial charge in [0, 0.05) is 31.0 Å². The number of nitrogens with one attached hydrogen (secondary N) is 2. The van der Waals surface area contributed by atoms with Crippen LogP contribution in [0.1, 0.15) is 18.9 Å². The minimum absolute atomic E-state index is 0.267. The number of rotatable bonds is 3. The highest BCUT2D eigenvalue weighted by Crippen LogP contribution is 2.13. The zero-order valence-corrected chi connectivity index (χ0v) is 8.59. The molecule has 1 aromatic heterocycles. The maximum absolute atomic E-state index is 4.00. The van der Waals surface area contributed by atoms with Crippen molar-refractivity contribution in [1.82, 2.24) is 15.6 Å². The van der Waals surface area contributed by atoms with E-state index in [1.807, 2.05) is 12.4 Å². The third kappa shape index (κ3) is 2.30. The molecule has 0 amide bonds. The van der Waals surface area contributed by atoms with Gasteiger partial charge in [-0.25, -0.2) is 0 Å². The molecule has 76 valence electrons. The van der Waals surface area contributed by atoms with Gasteiger partial charge in [-0.15, -0.1) is 0 Å². The predicted octanol–water partition coefficient (Wildman–Crippen LogP) is 0.923. The van der Waals surface area contributed by atoms with Crippen LogP contribution in [-0.4, -0.2) is 23.6 Å². The summed E-state index contributed by atoms with van der Waals surface area (Å²) in [5.74, 6) is 0. The molecule has 0 radical (unpaired) electrons. The average Bonchev–Trinajstić information content (AvgIpc) is 2.65. The second kappa shape index (κ2) is 4.07. The zero-order chi connectivity index (χ0) is 9.86. The van der Waals surface area contributed by atoms with Crippen LogP contribution < -0.4 is 10.6 Å². The fourth-order valence-corrected chi connectivity index (χ4v) is 1.78. The summed E-state index contributed by atoms with van der Waals surface area (Å²) in [7, 11) is 0. The van der Waals surface area contributed by atoms with Gasteiger partial charge < -0.3 is 10.6 Å². The Morgan fingerprint density at radius 2 is 2.29 bits per heavy atom. The topological polar surface area (TPSA) is 37.0 Å². The molecule has 3 heteroatoms. The summed E-state index contributed by atoms with van der Waals surface area (Å²) in [5.41, 5.74) is 1.57. The van der Waals surface area contributed by atoms with Crippen LogP contribution in [0.5, 0.6) is 0 Å². The molecular formula is C11H17N3. The van der Waals surface area contributed by atoms with Gasteiger partial charge >= 0.3 is 0 Å². The summed E-state index contributed by atoms with van der Waals surface area (Å²) < 4.78 is 0. The number of hydrogen-bond donors (Lipinski definition) is 2. The summed E-state index contributed by atoms with van der Waals surface area (Å²) in [4.78, 5) is 4.00. The molecule has 2 heterocycles. The molecule has 1 atom stereocenters. The lowest BCUT2D eigenvalue weighted by molar-refractivity contribution is 0.385. The van der Waals surface area contributed by atoms with E-state index in [4.69, 9.17) is 0 Å². The van der Waals surface area contributed by atoms with E-state index in [1.165, 1.54) is 12.0 Å². The van der Waals surface area contributed by atoms with Gasteiger partial charge in [0.05, 0.1) is 0 Å². The van der Waals surface area contributed by atoms with Crippen LogP contribution >= 0.6 is 0 Å². The Bertz CT molecular complexity index is 278. The molecular weight excluding hydrogens is 174 g/mol. The van der Waals surface area contributed by atoms with Crippen LogP contribution in [0.2, 0.25) is 0 Å². The molecule has 2 N–H and O–H groups in total. The molecule has 1 aromatic rings. The lowest BCUT2D eigenvalue weighted by atomic mass is 10.0. The van der Waals surface area contributed by atoms with Crippen molar-refractivity contribution in [3.8, 4) is 0 Å². The van der Waals surface area contributed by atoms with Gasteiger partial charge in [0.1, 0.15) is 0 Å². The van der Waals surface area contributed by atoms with Crippen LogP contribution in [0.3, 0.4) is 0 Å². The van der Waals surface area contributed by atoms with E-state index >= 15 is 0 Å². The third-order valence-corrected chi connectivity index (χ3v) is 2.84. The normalized spacial score (nSPS) is 26.6. The zero-order valence-electron chi connectivity index (χ0n) is 8.59.